The number of unbranched alkanes of at least 4 members (excludes halogenated alkanes) is 39. The number of hydrogen-bond donors (Lipinski definition) is 0. The van der Waals surface area contributed by atoms with Crippen molar-refractivity contribution in [1.29, 1.82) is 0 Å². The SMILES string of the molecule is CCCCC/C=C\C/C=C\CCCCCCCC(=O)OC(COC(=O)CCCCCCCCCCCCC)COC(=O)CCCCCCCCCCCCCCCCCCCCCCCC. The molecule has 0 radical (unpaired) electrons. The molecule has 0 aromatic rings. The van der Waals surface area contributed by atoms with Gasteiger partial charge in [-0.2, -0.15) is 0 Å². The molecule has 0 rings (SSSR count). The number of carbonyl (C=O) groups is 3. The first-order valence-corrected chi connectivity index (χ1v) is 29.3. The van der Waals surface area contributed by atoms with Gasteiger partial charge in [0, 0.05) is 19.3 Å². The van der Waals surface area contributed by atoms with Crippen molar-refractivity contribution < 1.29 is 28.6 Å². The molecule has 1 unspecified atom stereocenters. The topological polar surface area (TPSA) is 78.9 Å². The van der Waals surface area contributed by atoms with E-state index in [0.717, 1.165) is 77.0 Å². The Morgan fingerprint density at radius 1 is 0.303 bits per heavy atom. The zero-order valence-corrected chi connectivity index (χ0v) is 44.5. The molecule has 0 N–H and O–H groups in total. The second-order valence-electron chi connectivity index (χ2n) is 19.9. The lowest BCUT2D eigenvalue weighted by Crippen LogP contribution is -2.30. The minimum atomic E-state index is -0.773. The molecule has 0 aliphatic carbocycles. The lowest BCUT2D eigenvalue weighted by Gasteiger charge is -2.18. The quantitative estimate of drug-likeness (QED) is 0.0262. The molecule has 388 valence electrons. The maximum atomic E-state index is 12.8. The van der Waals surface area contributed by atoms with Crippen molar-refractivity contribution >= 4 is 17.9 Å². The number of esters is 3. The van der Waals surface area contributed by atoms with Crippen LogP contribution in [0.25, 0.3) is 0 Å². The highest BCUT2D eigenvalue weighted by atomic mass is 16.6. The van der Waals surface area contributed by atoms with Gasteiger partial charge in [0.15, 0.2) is 6.10 Å². The van der Waals surface area contributed by atoms with Gasteiger partial charge < -0.3 is 14.2 Å². The van der Waals surface area contributed by atoms with E-state index in [4.69, 9.17) is 14.2 Å². The molecule has 0 saturated carbocycles. The van der Waals surface area contributed by atoms with Crippen LogP contribution in [-0.4, -0.2) is 37.2 Å². The number of carbonyl (C=O) groups excluding carboxylic acids is 3. The molecular formula is C60H112O6. The standard InChI is InChI=1S/C60H112O6/c1-4-7-10-13-16-19-22-24-26-27-28-29-30-31-32-34-35-38-41-44-47-50-53-59(62)65-56-57(55-64-58(61)52-49-46-43-40-37-21-18-15-12-9-6-3)66-60(63)54-51-48-45-42-39-36-33-25-23-20-17-14-11-8-5-2/h17,20,25,33,57H,4-16,18-19,21-24,26-32,34-56H2,1-3H3/b20-17-,33-25-. The van der Waals surface area contributed by atoms with Crippen LogP contribution in [0, 0.1) is 0 Å². The zero-order chi connectivity index (χ0) is 47.9. The molecule has 0 bridgehead atoms. The molecule has 0 saturated heterocycles. The first kappa shape index (κ1) is 63.9. The number of rotatable bonds is 54. The van der Waals surface area contributed by atoms with Crippen molar-refractivity contribution in [1.82, 2.24) is 0 Å². The fourth-order valence-electron chi connectivity index (χ4n) is 8.77. The van der Waals surface area contributed by atoms with Gasteiger partial charge in [0.05, 0.1) is 0 Å². The highest BCUT2D eigenvalue weighted by Gasteiger charge is 2.19. The minimum absolute atomic E-state index is 0.0717. The summed E-state index contributed by atoms with van der Waals surface area (Å²) in [6, 6.07) is 0. The van der Waals surface area contributed by atoms with Gasteiger partial charge in [-0.3, -0.25) is 14.4 Å². The van der Waals surface area contributed by atoms with Crippen molar-refractivity contribution in [3.8, 4) is 0 Å². The van der Waals surface area contributed by atoms with Crippen LogP contribution in [0.15, 0.2) is 24.3 Å². The van der Waals surface area contributed by atoms with Crippen molar-refractivity contribution in [2.75, 3.05) is 13.2 Å². The van der Waals surface area contributed by atoms with Gasteiger partial charge in [0.1, 0.15) is 13.2 Å². The molecule has 6 heteroatoms. The Labute approximate surface area is 411 Å². The summed E-state index contributed by atoms with van der Waals surface area (Å²) in [5.74, 6) is -0.866. The van der Waals surface area contributed by atoms with Gasteiger partial charge in [0.2, 0.25) is 0 Å². The first-order chi connectivity index (χ1) is 32.5. The molecule has 0 aromatic carbocycles. The van der Waals surface area contributed by atoms with Crippen LogP contribution in [0.4, 0.5) is 0 Å². The summed E-state index contributed by atoms with van der Waals surface area (Å²) < 4.78 is 16.9. The lowest BCUT2D eigenvalue weighted by atomic mass is 10.0. The number of ether oxygens (including phenoxy) is 3. The van der Waals surface area contributed by atoms with Crippen LogP contribution in [0.1, 0.15) is 323 Å². The van der Waals surface area contributed by atoms with Gasteiger partial charge in [-0.15, -0.1) is 0 Å². The van der Waals surface area contributed by atoms with Gasteiger partial charge in [0.25, 0.3) is 0 Å². The van der Waals surface area contributed by atoms with E-state index in [1.807, 2.05) is 0 Å². The normalized spacial score (nSPS) is 12.1. The third-order valence-corrected chi connectivity index (χ3v) is 13.2. The molecule has 0 spiro atoms. The van der Waals surface area contributed by atoms with Crippen LogP contribution in [0.3, 0.4) is 0 Å². The van der Waals surface area contributed by atoms with Crippen molar-refractivity contribution in [2.45, 2.75) is 329 Å². The van der Waals surface area contributed by atoms with E-state index in [1.165, 1.54) is 205 Å². The Hall–Kier alpha value is -2.11. The molecule has 1 atom stereocenters. The van der Waals surface area contributed by atoms with E-state index in [-0.39, 0.29) is 31.1 Å². The van der Waals surface area contributed by atoms with Crippen LogP contribution < -0.4 is 0 Å². The predicted molar refractivity (Wildman–Crippen MR) is 284 cm³/mol. The fraction of sp³-hybridized carbons (Fsp3) is 0.883. The van der Waals surface area contributed by atoms with Gasteiger partial charge in [-0.25, -0.2) is 0 Å². The van der Waals surface area contributed by atoms with E-state index < -0.39 is 6.10 Å². The van der Waals surface area contributed by atoms with Crippen LogP contribution >= 0.6 is 0 Å². The Kier molecular flexibility index (Phi) is 53.7. The number of allylic oxidation sites excluding steroid dienone is 4. The smallest absolute Gasteiger partial charge is 0.306 e. The van der Waals surface area contributed by atoms with E-state index in [9.17, 15) is 14.4 Å². The average Bonchev–Trinajstić information content (AvgIpc) is 3.31. The largest absolute Gasteiger partial charge is 0.462 e. The van der Waals surface area contributed by atoms with E-state index in [0.29, 0.717) is 19.3 Å². The van der Waals surface area contributed by atoms with Crippen molar-refractivity contribution in [2.24, 2.45) is 0 Å². The van der Waals surface area contributed by atoms with Gasteiger partial charge in [-0.05, 0) is 51.4 Å². The Morgan fingerprint density at radius 2 is 0.545 bits per heavy atom. The second-order valence-corrected chi connectivity index (χ2v) is 19.9. The molecule has 0 amide bonds. The maximum Gasteiger partial charge on any atom is 0.306 e. The molecule has 6 nitrogen and oxygen atoms in total. The van der Waals surface area contributed by atoms with Crippen LogP contribution in [-0.2, 0) is 28.6 Å². The first-order valence-electron chi connectivity index (χ1n) is 29.3. The third-order valence-electron chi connectivity index (χ3n) is 13.2. The molecule has 0 fully saturated rings. The highest BCUT2D eigenvalue weighted by molar-refractivity contribution is 5.71. The van der Waals surface area contributed by atoms with Crippen LogP contribution in [0.2, 0.25) is 0 Å². The number of hydrogen-bond acceptors (Lipinski definition) is 6. The highest BCUT2D eigenvalue weighted by Crippen LogP contribution is 2.17. The second kappa shape index (κ2) is 55.5. The maximum absolute atomic E-state index is 12.8. The summed E-state index contributed by atoms with van der Waals surface area (Å²) in [6.07, 6.45) is 64.6. The Morgan fingerprint density at radius 3 is 0.864 bits per heavy atom. The molecule has 0 aliphatic heterocycles. The zero-order valence-electron chi connectivity index (χ0n) is 44.5. The van der Waals surface area contributed by atoms with E-state index in [1.54, 1.807) is 0 Å². The summed E-state index contributed by atoms with van der Waals surface area (Å²) >= 11 is 0. The van der Waals surface area contributed by atoms with Gasteiger partial charge in [-0.1, -0.05) is 276 Å². The van der Waals surface area contributed by atoms with E-state index in [2.05, 4.69) is 45.1 Å². The summed E-state index contributed by atoms with van der Waals surface area (Å²) in [7, 11) is 0. The molecule has 0 aromatic heterocycles. The molecule has 0 aliphatic rings. The molecule has 66 heavy (non-hydrogen) atoms. The average molecular weight is 930 g/mol. The molecule has 0 heterocycles. The summed E-state index contributed by atoms with van der Waals surface area (Å²) in [4.78, 5) is 38.1. The van der Waals surface area contributed by atoms with Crippen molar-refractivity contribution in [3.63, 3.8) is 0 Å². The third kappa shape index (κ3) is 52.9. The van der Waals surface area contributed by atoms with E-state index >= 15 is 0 Å². The summed E-state index contributed by atoms with van der Waals surface area (Å²) in [6.45, 7) is 6.64. The monoisotopic (exact) mass is 929 g/mol. The minimum Gasteiger partial charge on any atom is -0.462 e. The summed E-state index contributed by atoms with van der Waals surface area (Å²) in [5, 5.41) is 0. The van der Waals surface area contributed by atoms with Gasteiger partial charge >= 0.3 is 17.9 Å². The Balaban J connectivity index is 4.24. The van der Waals surface area contributed by atoms with Crippen molar-refractivity contribution in [3.05, 3.63) is 24.3 Å². The predicted octanol–water partition coefficient (Wildman–Crippen LogP) is 19.5. The summed E-state index contributed by atoms with van der Waals surface area (Å²) in [5.41, 5.74) is 0. The van der Waals surface area contributed by atoms with Crippen LogP contribution in [0.5, 0.6) is 0 Å². The Bertz CT molecular complexity index is 1070. The fourth-order valence-corrected chi connectivity index (χ4v) is 8.77. The lowest BCUT2D eigenvalue weighted by molar-refractivity contribution is -0.167. The molecular weight excluding hydrogens is 817 g/mol.